The van der Waals surface area contributed by atoms with E-state index >= 15 is 0 Å². The van der Waals surface area contributed by atoms with E-state index in [1.165, 1.54) is 18.2 Å². The number of phenols is 1. The van der Waals surface area contributed by atoms with Crippen LogP contribution in [0.2, 0.25) is 0 Å². The fourth-order valence-corrected chi connectivity index (χ4v) is 2.00. The number of non-ortho nitro benzene ring substituents is 1. The molecule has 100 valence electrons. The molecule has 1 heterocycles. The van der Waals surface area contributed by atoms with Gasteiger partial charge >= 0.3 is 0 Å². The monoisotopic (exact) mass is 270 g/mol. The van der Waals surface area contributed by atoms with Crippen molar-refractivity contribution < 1.29 is 10.0 Å². The van der Waals surface area contributed by atoms with Gasteiger partial charge in [-0.1, -0.05) is 0 Å². The summed E-state index contributed by atoms with van der Waals surface area (Å²) in [5.41, 5.74) is 7.94. The molecule has 2 aromatic carbocycles. The first-order chi connectivity index (χ1) is 9.54. The van der Waals surface area contributed by atoms with E-state index in [0.29, 0.717) is 22.4 Å². The molecule has 0 bridgehead atoms. The summed E-state index contributed by atoms with van der Waals surface area (Å²) in [5.74, 6) is 0.627. The molecule has 0 radical (unpaired) electrons. The number of H-pyrrole nitrogens is 1. The largest absolute Gasteiger partial charge is 0.508 e. The number of phenolic OH excluding ortho intramolecular Hbond substituents is 1. The van der Waals surface area contributed by atoms with Gasteiger partial charge in [0.15, 0.2) is 0 Å². The maximum absolute atomic E-state index is 10.7. The van der Waals surface area contributed by atoms with E-state index in [0.717, 1.165) is 0 Å². The molecule has 0 saturated carbocycles. The van der Waals surface area contributed by atoms with Crippen LogP contribution in [0, 0.1) is 10.1 Å². The van der Waals surface area contributed by atoms with Crippen LogP contribution in [0.25, 0.3) is 22.4 Å². The topological polar surface area (TPSA) is 118 Å². The Balaban J connectivity index is 2.13. The molecule has 0 saturated heterocycles. The molecule has 3 rings (SSSR count). The highest BCUT2D eigenvalue weighted by molar-refractivity contribution is 5.83. The summed E-state index contributed by atoms with van der Waals surface area (Å²) >= 11 is 0. The molecule has 7 heteroatoms. The maximum Gasteiger partial charge on any atom is 0.271 e. The van der Waals surface area contributed by atoms with E-state index in [1.807, 2.05) is 0 Å². The fraction of sp³-hybridized carbons (Fsp3) is 0. The van der Waals surface area contributed by atoms with Gasteiger partial charge in [-0.05, 0) is 18.2 Å². The number of nitrogens with two attached hydrogens (primary N) is 1. The molecule has 0 aliphatic heterocycles. The number of aromatic amines is 1. The molecule has 0 unspecified atom stereocenters. The normalized spacial score (nSPS) is 10.8. The van der Waals surface area contributed by atoms with Crippen molar-refractivity contribution in [2.75, 3.05) is 5.73 Å². The highest BCUT2D eigenvalue weighted by Gasteiger charge is 2.13. The van der Waals surface area contributed by atoms with E-state index < -0.39 is 4.92 Å². The second-order valence-corrected chi connectivity index (χ2v) is 4.32. The molecule has 1 aromatic heterocycles. The van der Waals surface area contributed by atoms with E-state index in [4.69, 9.17) is 5.73 Å². The third-order valence-corrected chi connectivity index (χ3v) is 2.97. The van der Waals surface area contributed by atoms with Crippen molar-refractivity contribution in [2.45, 2.75) is 0 Å². The number of benzene rings is 2. The number of nitrogens with zero attached hydrogens (tertiary/aromatic N) is 2. The van der Waals surface area contributed by atoms with Crippen LogP contribution in [0.5, 0.6) is 5.75 Å². The second-order valence-electron chi connectivity index (χ2n) is 4.32. The summed E-state index contributed by atoms with van der Waals surface area (Å²) in [4.78, 5) is 17.5. The molecule has 0 amide bonds. The number of nitro groups is 1. The molecular weight excluding hydrogens is 260 g/mol. The number of anilines is 1. The van der Waals surface area contributed by atoms with Gasteiger partial charge in [-0.3, -0.25) is 10.1 Å². The van der Waals surface area contributed by atoms with Gasteiger partial charge in [-0.15, -0.1) is 0 Å². The average Bonchev–Trinajstić information content (AvgIpc) is 2.80. The number of hydrogen-bond acceptors (Lipinski definition) is 5. The zero-order valence-electron chi connectivity index (χ0n) is 10.2. The van der Waals surface area contributed by atoms with Gasteiger partial charge in [0, 0.05) is 29.4 Å². The molecule has 7 nitrogen and oxygen atoms in total. The molecule has 20 heavy (non-hydrogen) atoms. The molecule has 4 N–H and O–H groups in total. The molecular formula is C13H10N4O3. The Hall–Kier alpha value is -3.09. The first-order valence-electron chi connectivity index (χ1n) is 5.77. The average molecular weight is 270 g/mol. The highest BCUT2D eigenvalue weighted by atomic mass is 16.6. The van der Waals surface area contributed by atoms with Crippen molar-refractivity contribution in [1.29, 1.82) is 0 Å². The predicted octanol–water partition coefficient (Wildman–Crippen LogP) is 2.43. The minimum absolute atomic E-state index is 0.0694. The van der Waals surface area contributed by atoms with Crippen LogP contribution >= 0.6 is 0 Å². The number of imidazole rings is 1. The number of aromatic nitrogens is 2. The first kappa shape index (κ1) is 12.0. The quantitative estimate of drug-likeness (QED) is 0.375. The Kier molecular flexibility index (Phi) is 2.53. The van der Waals surface area contributed by atoms with Gasteiger partial charge < -0.3 is 15.8 Å². The van der Waals surface area contributed by atoms with E-state index in [2.05, 4.69) is 9.97 Å². The Morgan fingerprint density at radius 2 is 2.05 bits per heavy atom. The van der Waals surface area contributed by atoms with Crippen molar-refractivity contribution in [3.05, 3.63) is 46.5 Å². The molecule has 0 fully saturated rings. The molecule has 0 atom stereocenters. The third kappa shape index (κ3) is 1.91. The Labute approximate surface area is 112 Å². The molecule has 0 aliphatic rings. The summed E-state index contributed by atoms with van der Waals surface area (Å²) in [5, 5.41) is 20.1. The fourth-order valence-electron chi connectivity index (χ4n) is 2.00. The van der Waals surface area contributed by atoms with Crippen LogP contribution in [0.1, 0.15) is 0 Å². The Bertz CT molecular complexity index is 826. The lowest BCUT2D eigenvalue weighted by molar-refractivity contribution is -0.384. The van der Waals surface area contributed by atoms with Crippen LogP contribution in [0.3, 0.4) is 0 Å². The van der Waals surface area contributed by atoms with Gasteiger partial charge in [-0.25, -0.2) is 4.98 Å². The smallest absolute Gasteiger partial charge is 0.271 e. The molecule has 0 aliphatic carbocycles. The second kappa shape index (κ2) is 4.23. The van der Waals surface area contributed by atoms with E-state index in [9.17, 15) is 15.2 Å². The van der Waals surface area contributed by atoms with Crippen molar-refractivity contribution in [1.82, 2.24) is 9.97 Å². The van der Waals surface area contributed by atoms with Crippen LogP contribution in [-0.2, 0) is 0 Å². The van der Waals surface area contributed by atoms with Crippen molar-refractivity contribution >= 4 is 22.4 Å². The molecule has 0 spiro atoms. The Morgan fingerprint density at radius 1 is 1.25 bits per heavy atom. The van der Waals surface area contributed by atoms with Crippen molar-refractivity contribution in [2.24, 2.45) is 0 Å². The van der Waals surface area contributed by atoms with Crippen molar-refractivity contribution in [3.63, 3.8) is 0 Å². The lowest BCUT2D eigenvalue weighted by Crippen LogP contribution is -1.94. The van der Waals surface area contributed by atoms with Gasteiger partial charge in [0.05, 0.1) is 16.0 Å². The van der Waals surface area contributed by atoms with Crippen LogP contribution in [0.15, 0.2) is 36.4 Å². The number of nitrogens with one attached hydrogen (secondary N) is 1. The van der Waals surface area contributed by atoms with E-state index in [1.54, 1.807) is 18.2 Å². The SMILES string of the molecule is Nc1cc([N+](=O)[O-])ccc1-c1nc2ccc(O)cc2[nH]1. The standard InChI is InChI=1S/C13H10N4O3/c14-10-5-7(17(19)20)1-3-9(10)13-15-11-4-2-8(18)6-12(11)16-13/h1-6,18H,14H2,(H,15,16). The summed E-state index contributed by atoms with van der Waals surface area (Å²) in [7, 11) is 0. The number of nitro benzene ring substituents is 1. The minimum Gasteiger partial charge on any atom is -0.508 e. The molecule has 3 aromatic rings. The summed E-state index contributed by atoms with van der Waals surface area (Å²) < 4.78 is 0. The lowest BCUT2D eigenvalue weighted by atomic mass is 10.1. The van der Waals surface area contributed by atoms with Crippen LogP contribution in [-0.4, -0.2) is 20.0 Å². The summed E-state index contributed by atoms with van der Waals surface area (Å²) in [6.07, 6.45) is 0. The van der Waals surface area contributed by atoms with Crippen LogP contribution in [0.4, 0.5) is 11.4 Å². The number of nitrogen functional groups attached to an aromatic ring is 1. The van der Waals surface area contributed by atoms with Gasteiger partial charge in [0.1, 0.15) is 11.6 Å². The van der Waals surface area contributed by atoms with Gasteiger partial charge in [-0.2, -0.15) is 0 Å². The first-order valence-corrected chi connectivity index (χ1v) is 5.77. The van der Waals surface area contributed by atoms with Crippen LogP contribution < -0.4 is 5.73 Å². The predicted molar refractivity (Wildman–Crippen MR) is 74.3 cm³/mol. The summed E-state index contributed by atoms with van der Waals surface area (Å²) in [6.45, 7) is 0. The van der Waals surface area contributed by atoms with Gasteiger partial charge in [0.2, 0.25) is 0 Å². The van der Waals surface area contributed by atoms with Crippen molar-refractivity contribution in [3.8, 4) is 17.1 Å². The lowest BCUT2D eigenvalue weighted by Gasteiger charge is -2.01. The number of hydrogen-bond donors (Lipinski definition) is 3. The van der Waals surface area contributed by atoms with E-state index in [-0.39, 0.29) is 17.1 Å². The maximum atomic E-state index is 10.7. The Morgan fingerprint density at radius 3 is 2.75 bits per heavy atom. The number of aromatic hydroxyl groups is 1. The third-order valence-electron chi connectivity index (χ3n) is 2.97. The number of rotatable bonds is 2. The zero-order chi connectivity index (χ0) is 14.3. The van der Waals surface area contributed by atoms with Gasteiger partial charge in [0.25, 0.3) is 5.69 Å². The highest BCUT2D eigenvalue weighted by Crippen LogP contribution is 2.29. The summed E-state index contributed by atoms with van der Waals surface area (Å²) in [6, 6.07) is 8.97. The number of fused-ring (bicyclic) bond motifs is 1. The zero-order valence-corrected chi connectivity index (χ0v) is 10.2. The minimum atomic E-state index is -0.503.